The van der Waals surface area contributed by atoms with Crippen LogP contribution in [0, 0.1) is 19.8 Å². The second kappa shape index (κ2) is 10.3. The number of likely N-dealkylation sites (tertiary alicyclic amines) is 1. The van der Waals surface area contributed by atoms with E-state index >= 15 is 0 Å². The second-order valence-corrected chi connectivity index (χ2v) is 9.96. The molecule has 2 aromatic carbocycles. The Morgan fingerprint density at radius 3 is 2.12 bits per heavy atom. The fourth-order valence-electron chi connectivity index (χ4n) is 5.47. The van der Waals surface area contributed by atoms with Gasteiger partial charge in [-0.15, -0.1) is 0 Å². The number of carboxylic acids is 1. The van der Waals surface area contributed by atoms with Crippen molar-refractivity contribution in [1.29, 1.82) is 0 Å². The number of rotatable bonds is 6. The normalized spacial score (nSPS) is 19.6. The summed E-state index contributed by atoms with van der Waals surface area (Å²) in [5.41, 5.74) is 8.67. The topological polar surface area (TPSA) is 43.8 Å². The van der Waals surface area contributed by atoms with Crippen molar-refractivity contribution in [2.75, 3.05) is 31.1 Å². The fourth-order valence-corrected chi connectivity index (χ4v) is 5.47. The van der Waals surface area contributed by atoms with Crippen LogP contribution in [0.15, 0.2) is 36.4 Å². The van der Waals surface area contributed by atoms with Crippen molar-refractivity contribution in [1.82, 2.24) is 4.90 Å². The molecule has 4 heteroatoms. The van der Waals surface area contributed by atoms with Gasteiger partial charge in [-0.3, -0.25) is 9.69 Å². The number of anilines is 1. The zero-order chi connectivity index (χ0) is 23.5. The molecule has 1 saturated carbocycles. The maximum atomic E-state index is 11.2. The van der Waals surface area contributed by atoms with Crippen LogP contribution in [-0.2, 0) is 11.3 Å². The first-order valence-corrected chi connectivity index (χ1v) is 12.9. The Morgan fingerprint density at radius 2 is 1.55 bits per heavy atom. The lowest BCUT2D eigenvalue weighted by Crippen LogP contribution is -2.45. The summed E-state index contributed by atoms with van der Waals surface area (Å²) in [5.74, 6) is 0.614. The number of hydrogen-bond donors (Lipinski definition) is 1. The monoisotopic (exact) mass is 448 g/mol. The van der Waals surface area contributed by atoms with Crippen LogP contribution < -0.4 is 4.90 Å². The quantitative estimate of drug-likeness (QED) is 0.579. The highest BCUT2D eigenvalue weighted by Crippen LogP contribution is 2.46. The minimum absolute atomic E-state index is 0.160. The summed E-state index contributed by atoms with van der Waals surface area (Å²) in [6.45, 7) is 13.4. The number of aliphatic carboxylic acids is 1. The summed E-state index contributed by atoms with van der Waals surface area (Å²) in [7, 11) is 0. The number of para-hydroxylation sites is 1. The number of hydrogen-bond acceptors (Lipinski definition) is 3. The van der Waals surface area contributed by atoms with Gasteiger partial charge in [-0.05, 0) is 92.4 Å². The number of piperidine rings is 1. The first-order chi connectivity index (χ1) is 16.0. The van der Waals surface area contributed by atoms with Gasteiger partial charge >= 0.3 is 5.97 Å². The molecule has 33 heavy (non-hydrogen) atoms. The molecule has 5 rings (SSSR count). The lowest BCUT2D eigenvalue weighted by molar-refractivity contribution is -0.143. The van der Waals surface area contributed by atoms with E-state index in [0.717, 1.165) is 51.5 Å². The SMILES string of the molecule is CC.Cc1cc(C2CN(c3ccccc3C3CC3)C2)cc(C)c1CN1CCC(C(=O)O)CC1. The minimum atomic E-state index is -0.634. The van der Waals surface area contributed by atoms with E-state index in [-0.39, 0.29) is 5.92 Å². The standard InChI is InChI=1S/C27H34N2O2.C2H6/c1-18-13-22(14-19(2)25(18)17-28-11-9-21(10-12-28)27(30)31)23-15-29(16-23)26-6-4-3-5-24(26)20-7-8-20;1-2/h3-6,13-14,20-21,23H,7-12,15-17H2,1-2H3,(H,30,31);1-2H3. The molecule has 1 N–H and O–H groups in total. The van der Waals surface area contributed by atoms with Gasteiger partial charge in [0.25, 0.3) is 0 Å². The van der Waals surface area contributed by atoms with E-state index in [1.165, 1.54) is 40.8 Å². The van der Waals surface area contributed by atoms with E-state index < -0.39 is 5.97 Å². The van der Waals surface area contributed by atoms with Crippen LogP contribution in [-0.4, -0.2) is 42.2 Å². The van der Waals surface area contributed by atoms with Crippen LogP contribution in [0.5, 0.6) is 0 Å². The molecule has 0 bridgehead atoms. The van der Waals surface area contributed by atoms with Gasteiger partial charge in [0.15, 0.2) is 0 Å². The van der Waals surface area contributed by atoms with Gasteiger partial charge < -0.3 is 10.0 Å². The Morgan fingerprint density at radius 1 is 0.939 bits per heavy atom. The average molecular weight is 449 g/mol. The summed E-state index contributed by atoms with van der Waals surface area (Å²) in [6.07, 6.45) is 4.24. The molecule has 0 aromatic heterocycles. The lowest BCUT2D eigenvalue weighted by atomic mass is 9.86. The van der Waals surface area contributed by atoms with E-state index in [0.29, 0.717) is 5.92 Å². The van der Waals surface area contributed by atoms with Crippen molar-refractivity contribution < 1.29 is 9.90 Å². The fraction of sp³-hybridized carbons (Fsp3) is 0.552. The molecule has 3 aliphatic rings. The lowest BCUT2D eigenvalue weighted by Gasteiger charge is -2.43. The van der Waals surface area contributed by atoms with Gasteiger partial charge in [0.1, 0.15) is 0 Å². The van der Waals surface area contributed by atoms with Crippen molar-refractivity contribution in [2.45, 2.75) is 71.8 Å². The number of carbonyl (C=O) groups is 1. The molecule has 0 radical (unpaired) electrons. The molecule has 178 valence electrons. The van der Waals surface area contributed by atoms with Gasteiger partial charge in [0.05, 0.1) is 5.92 Å². The number of nitrogens with zero attached hydrogens (tertiary/aromatic N) is 2. The Labute approximate surface area is 199 Å². The van der Waals surface area contributed by atoms with Gasteiger partial charge in [0.2, 0.25) is 0 Å². The number of aryl methyl sites for hydroxylation is 2. The Bertz CT molecular complexity index is 944. The molecule has 2 aromatic rings. The van der Waals surface area contributed by atoms with Crippen molar-refractivity contribution in [3.05, 3.63) is 64.2 Å². The third-order valence-electron chi connectivity index (χ3n) is 7.68. The molecule has 0 amide bonds. The van der Waals surface area contributed by atoms with Crippen LogP contribution in [0.4, 0.5) is 5.69 Å². The summed E-state index contributed by atoms with van der Waals surface area (Å²) in [5, 5.41) is 9.23. The molecule has 2 saturated heterocycles. The largest absolute Gasteiger partial charge is 0.481 e. The highest BCUT2D eigenvalue weighted by atomic mass is 16.4. The van der Waals surface area contributed by atoms with Crippen LogP contribution in [0.3, 0.4) is 0 Å². The van der Waals surface area contributed by atoms with Crippen molar-refractivity contribution in [2.24, 2.45) is 5.92 Å². The summed E-state index contributed by atoms with van der Waals surface area (Å²) < 4.78 is 0. The summed E-state index contributed by atoms with van der Waals surface area (Å²) in [6, 6.07) is 13.8. The third-order valence-corrected chi connectivity index (χ3v) is 7.68. The van der Waals surface area contributed by atoms with Crippen LogP contribution >= 0.6 is 0 Å². The van der Waals surface area contributed by atoms with Crippen molar-refractivity contribution in [3.8, 4) is 0 Å². The highest BCUT2D eigenvalue weighted by molar-refractivity contribution is 5.70. The maximum Gasteiger partial charge on any atom is 0.306 e. The Kier molecular flexibility index (Phi) is 7.43. The maximum absolute atomic E-state index is 11.2. The van der Waals surface area contributed by atoms with E-state index in [1.54, 1.807) is 5.56 Å². The summed E-state index contributed by atoms with van der Waals surface area (Å²) in [4.78, 5) is 16.2. The first kappa shape index (κ1) is 23.8. The number of benzene rings is 2. The molecule has 2 aliphatic heterocycles. The number of carboxylic acid groups (broad SMARTS) is 1. The molecule has 4 nitrogen and oxygen atoms in total. The van der Waals surface area contributed by atoms with Gasteiger partial charge in [-0.1, -0.05) is 44.2 Å². The minimum Gasteiger partial charge on any atom is -0.481 e. The van der Waals surface area contributed by atoms with Crippen molar-refractivity contribution in [3.63, 3.8) is 0 Å². The Balaban J connectivity index is 0.00000126. The molecule has 1 aliphatic carbocycles. The first-order valence-electron chi connectivity index (χ1n) is 12.9. The van der Waals surface area contributed by atoms with Crippen molar-refractivity contribution >= 4 is 11.7 Å². The van der Waals surface area contributed by atoms with Gasteiger partial charge in [-0.2, -0.15) is 0 Å². The summed E-state index contributed by atoms with van der Waals surface area (Å²) >= 11 is 0. The second-order valence-electron chi connectivity index (χ2n) is 9.96. The molecular weight excluding hydrogens is 408 g/mol. The van der Waals surface area contributed by atoms with E-state index in [4.69, 9.17) is 0 Å². The molecule has 3 fully saturated rings. The smallest absolute Gasteiger partial charge is 0.306 e. The zero-order valence-electron chi connectivity index (χ0n) is 20.8. The molecular formula is C29H40N2O2. The Hall–Kier alpha value is -2.33. The highest BCUT2D eigenvalue weighted by Gasteiger charge is 2.33. The van der Waals surface area contributed by atoms with Gasteiger partial charge in [-0.25, -0.2) is 0 Å². The molecule has 0 spiro atoms. The molecule has 0 unspecified atom stereocenters. The predicted octanol–water partition coefficient (Wildman–Crippen LogP) is 6.11. The van der Waals surface area contributed by atoms with E-state index in [2.05, 4.69) is 60.0 Å². The van der Waals surface area contributed by atoms with Gasteiger partial charge in [0, 0.05) is 31.2 Å². The molecule has 2 heterocycles. The third kappa shape index (κ3) is 5.27. The zero-order valence-corrected chi connectivity index (χ0v) is 20.8. The van der Waals surface area contributed by atoms with Crippen LogP contribution in [0.25, 0.3) is 0 Å². The van der Waals surface area contributed by atoms with Crippen LogP contribution in [0.1, 0.15) is 79.2 Å². The van der Waals surface area contributed by atoms with E-state index in [1.807, 2.05) is 13.8 Å². The predicted molar refractivity (Wildman–Crippen MR) is 136 cm³/mol. The van der Waals surface area contributed by atoms with E-state index in [9.17, 15) is 9.90 Å². The molecule has 0 atom stereocenters. The average Bonchev–Trinajstić information content (AvgIpc) is 3.63. The van der Waals surface area contributed by atoms with Crippen LogP contribution in [0.2, 0.25) is 0 Å².